The Labute approximate surface area is 175 Å². The minimum atomic E-state index is -0.566. The first kappa shape index (κ1) is 20.0. The number of anilines is 2. The van der Waals surface area contributed by atoms with Gasteiger partial charge in [-0.15, -0.1) is 0 Å². The number of carbonyl (C=O) groups excluding carboxylic acids is 1. The van der Waals surface area contributed by atoms with Crippen LogP contribution in [0.25, 0.3) is 11.3 Å². The smallest absolute Gasteiger partial charge is 0.255 e. The summed E-state index contributed by atoms with van der Waals surface area (Å²) in [7, 11) is 0. The van der Waals surface area contributed by atoms with E-state index in [1.165, 1.54) is 0 Å². The second-order valence-electron chi connectivity index (χ2n) is 7.32. The maximum absolute atomic E-state index is 12.9. The fourth-order valence-electron chi connectivity index (χ4n) is 3.56. The second kappa shape index (κ2) is 9.05. The van der Waals surface area contributed by atoms with E-state index in [4.69, 9.17) is 4.74 Å². The largest absolute Gasteiger partial charge is 0.378 e. The number of carbonyl (C=O) groups is 1. The number of pyridine rings is 1. The van der Waals surface area contributed by atoms with E-state index in [2.05, 4.69) is 21.3 Å². The van der Waals surface area contributed by atoms with Crippen LogP contribution >= 0.6 is 0 Å². The van der Waals surface area contributed by atoms with E-state index >= 15 is 0 Å². The Morgan fingerprint density at radius 3 is 2.77 bits per heavy atom. The Morgan fingerprint density at radius 2 is 1.97 bits per heavy atom. The molecule has 4 rings (SSSR count). The summed E-state index contributed by atoms with van der Waals surface area (Å²) < 4.78 is 18.3. The highest BCUT2D eigenvalue weighted by molar-refractivity contribution is 6.05. The van der Waals surface area contributed by atoms with Crippen molar-refractivity contribution in [3.05, 3.63) is 77.5 Å². The third kappa shape index (κ3) is 4.49. The van der Waals surface area contributed by atoms with Gasteiger partial charge in [0.05, 0.1) is 18.9 Å². The van der Waals surface area contributed by atoms with Crippen molar-refractivity contribution in [3.63, 3.8) is 0 Å². The molecule has 0 radical (unpaired) electrons. The molecule has 0 bridgehead atoms. The Hall–Kier alpha value is -3.25. The van der Waals surface area contributed by atoms with Crippen LogP contribution in [0.15, 0.2) is 60.8 Å². The third-order valence-corrected chi connectivity index (χ3v) is 5.23. The van der Waals surface area contributed by atoms with E-state index in [-0.39, 0.29) is 5.91 Å². The molecule has 0 saturated carbocycles. The lowest BCUT2D eigenvalue weighted by atomic mass is 10.0. The number of hydrogen-bond donors (Lipinski definition) is 1. The molecule has 0 unspecified atom stereocenters. The number of nitrogens with zero attached hydrogens (tertiary/aromatic N) is 2. The van der Waals surface area contributed by atoms with Crippen molar-refractivity contribution in [2.75, 3.05) is 36.5 Å². The molecule has 1 fully saturated rings. The van der Waals surface area contributed by atoms with E-state index in [0.717, 1.165) is 48.8 Å². The second-order valence-corrected chi connectivity index (χ2v) is 7.32. The first-order valence-electron chi connectivity index (χ1n) is 10.00. The molecule has 2 aromatic carbocycles. The minimum absolute atomic E-state index is 0.239. The van der Waals surface area contributed by atoms with Gasteiger partial charge in [0.1, 0.15) is 6.67 Å². The van der Waals surface area contributed by atoms with Gasteiger partial charge in [0.2, 0.25) is 0 Å². The molecule has 6 heteroatoms. The van der Waals surface area contributed by atoms with E-state index < -0.39 is 6.67 Å². The van der Waals surface area contributed by atoms with Gasteiger partial charge in [-0.2, -0.15) is 0 Å². The van der Waals surface area contributed by atoms with Crippen molar-refractivity contribution in [3.8, 4) is 11.3 Å². The van der Waals surface area contributed by atoms with Gasteiger partial charge in [-0.3, -0.25) is 9.78 Å². The van der Waals surface area contributed by atoms with Crippen LogP contribution in [0, 0.1) is 6.92 Å². The average molecular weight is 405 g/mol. The van der Waals surface area contributed by atoms with Gasteiger partial charge in [-0.05, 0) is 54.4 Å². The van der Waals surface area contributed by atoms with Crippen LogP contribution in [0.3, 0.4) is 0 Å². The predicted octanol–water partition coefficient (Wildman–Crippen LogP) is 4.62. The van der Waals surface area contributed by atoms with Crippen molar-refractivity contribution in [1.29, 1.82) is 0 Å². The number of amides is 1. The number of halogens is 1. The zero-order chi connectivity index (χ0) is 20.9. The molecule has 0 spiro atoms. The SMILES string of the molecule is Cc1ccc(C(=O)Nc2cccc(CF)c2)cc1-c1cc(N2CCOCC2)ccn1. The molecule has 1 aliphatic rings. The molecule has 0 aliphatic carbocycles. The summed E-state index contributed by atoms with van der Waals surface area (Å²) in [6.07, 6.45) is 1.80. The van der Waals surface area contributed by atoms with Crippen LogP contribution in [0.2, 0.25) is 0 Å². The average Bonchev–Trinajstić information content (AvgIpc) is 2.80. The van der Waals surface area contributed by atoms with Crippen LogP contribution in [0.5, 0.6) is 0 Å². The number of hydrogen-bond acceptors (Lipinski definition) is 4. The fourth-order valence-corrected chi connectivity index (χ4v) is 3.56. The maximum atomic E-state index is 12.9. The highest BCUT2D eigenvalue weighted by Gasteiger charge is 2.15. The molecule has 154 valence electrons. The van der Waals surface area contributed by atoms with Gasteiger partial charge in [0.15, 0.2) is 0 Å². The molecule has 0 atom stereocenters. The molecule has 2 heterocycles. The molecular formula is C24H24FN3O2. The molecular weight excluding hydrogens is 381 g/mol. The Kier molecular flexibility index (Phi) is 6.05. The number of benzene rings is 2. The van der Waals surface area contributed by atoms with Crippen LogP contribution in [-0.2, 0) is 11.4 Å². The van der Waals surface area contributed by atoms with Crippen molar-refractivity contribution < 1.29 is 13.9 Å². The molecule has 1 aromatic heterocycles. The van der Waals surface area contributed by atoms with Crippen molar-refractivity contribution in [2.45, 2.75) is 13.6 Å². The number of rotatable bonds is 5. The minimum Gasteiger partial charge on any atom is -0.378 e. The van der Waals surface area contributed by atoms with Crippen LogP contribution in [-0.4, -0.2) is 37.2 Å². The van der Waals surface area contributed by atoms with Crippen molar-refractivity contribution in [2.24, 2.45) is 0 Å². The summed E-state index contributed by atoms with van der Waals surface area (Å²) in [6, 6.07) is 16.4. The highest BCUT2D eigenvalue weighted by Crippen LogP contribution is 2.27. The van der Waals surface area contributed by atoms with Gasteiger partial charge in [0, 0.05) is 41.8 Å². The summed E-state index contributed by atoms with van der Waals surface area (Å²) in [4.78, 5) is 19.6. The maximum Gasteiger partial charge on any atom is 0.255 e. The topological polar surface area (TPSA) is 54.5 Å². The highest BCUT2D eigenvalue weighted by atomic mass is 19.1. The van der Waals surface area contributed by atoms with Crippen LogP contribution < -0.4 is 10.2 Å². The van der Waals surface area contributed by atoms with Crippen LogP contribution in [0.4, 0.5) is 15.8 Å². The monoisotopic (exact) mass is 405 g/mol. The Morgan fingerprint density at radius 1 is 1.13 bits per heavy atom. The molecule has 3 aromatic rings. The molecule has 1 amide bonds. The number of ether oxygens (including phenoxy) is 1. The lowest BCUT2D eigenvalue weighted by Crippen LogP contribution is -2.36. The summed E-state index contributed by atoms with van der Waals surface area (Å²) in [5, 5.41) is 2.85. The fraction of sp³-hybridized carbons (Fsp3) is 0.250. The number of alkyl halides is 1. The van der Waals surface area contributed by atoms with E-state index in [0.29, 0.717) is 16.8 Å². The first-order valence-corrected chi connectivity index (χ1v) is 10.00. The molecule has 1 N–H and O–H groups in total. The standard InChI is InChI=1S/C24H24FN3O2/c1-17-5-6-19(24(29)27-20-4-2-3-18(13-20)16-25)14-22(17)23-15-21(7-8-26-23)28-9-11-30-12-10-28/h2-8,13-15H,9-12,16H2,1H3,(H,27,29). The van der Waals surface area contributed by atoms with E-state index in [1.807, 2.05) is 25.1 Å². The number of aromatic nitrogens is 1. The summed E-state index contributed by atoms with van der Waals surface area (Å²) in [5.41, 5.74) is 5.50. The quantitative estimate of drug-likeness (QED) is 0.673. The zero-order valence-electron chi connectivity index (χ0n) is 16.9. The van der Waals surface area contributed by atoms with Crippen molar-refractivity contribution in [1.82, 2.24) is 4.98 Å². The third-order valence-electron chi connectivity index (χ3n) is 5.23. The van der Waals surface area contributed by atoms with Gasteiger partial charge in [-0.25, -0.2) is 4.39 Å². The molecule has 1 aliphatic heterocycles. The van der Waals surface area contributed by atoms with Crippen LogP contribution in [0.1, 0.15) is 21.5 Å². The summed E-state index contributed by atoms with van der Waals surface area (Å²) in [6.45, 7) is 4.58. The summed E-state index contributed by atoms with van der Waals surface area (Å²) >= 11 is 0. The molecule has 5 nitrogen and oxygen atoms in total. The number of aryl methyl sites for hydroxylation is 1. The zero-order valence-corrected chi connectivity index (χ0v) is 16.9. The molecule has 1 saturated heterocycles. The Balaban J connectivity index is 1.59. The normalized spacial score (nSPS) is 13.9. The molecule has 30 heavy (non-hydrogen) atoms. The van der Waals surface area contributed by atoms with Crippen molar-refractivity contribution >= 4 is 17.3 Å². The lowest BCUT2D eigenvalue weighted by Gasteiger charge is -2.29. The number of nitrogens with one attached hydrogen (secondary N) is 1. The predicted molar refractivity (Wildman–Crippen MR) is 117 cm³/mol. The Bertz CT molecular complexity index is 1050. The van der Waals surface area contributed by atoms with Gasteiger partial charge in [0.25, 0.3) is 5.91 Å². The summed E-state index contributed by atoms with van der Waals surface area (Å²) in [5.74, 6) is -0.239. The van der Waals surface area contributed by atoms with Gasteiger partial charge in [-0.1, -0.05) is 18.2 Å². The van der Waals surface area contributed by atoms with Gasteiger partial charge < -0.3 is 15.0 Å². The lowest BCUT2D eigenvalue weighted by molar-refractivity contribution is 0.102. The first-order chi connectivity index (χ1) is 14.6. The van der Waals surface area contributed by atoms with E-state index in [1.54, 1.807) is 36.5 Å². The van der Waals surface area contributed by atoms with E-state index in [9.17, 15) is 9.18 Å². The number of morpholine rings is 1. The van der Waals surface area contributed by atoms with Gasteiger partial charge >= 0.3 is 0 Å².